The van der Waals surface area contributed by atoms with Crippen LogP contribution in [0, 0.1) is 0 Å². The quantitative estimate of drug-likeness (QED) is 0.0801. The van der Waals surface area contributed by atoms with E-state index >= 15 is 0 Å². The highest BCUT2D eigenvalue weighted by atomic mass is 28.4. The van der Waals surface area contributed by atoms with Crippen LogP contribution in [0.3, 0.4) is 0 Å². The lowest BCUT2D eigenvalue weighted by Gasteiger charge is -2.40. The molecule has 0 aromatic rings. The summed E-state index contributed by atoms with van der Waals surface area (Å²) in [6, 6.07) is 7.49. The van der Waals surface area contributed by atoms with Gasteiger partial charge in [0.2, 0.25) is 0 Å². The van der Waals surface area contributed by atoms with E-state index in [0.29, 0.717) is 6.61 Å². The Kier molecular flexibility index (Phi) is 19.8. The first kappa shape index (κ1) is 40.0. The SMILES string of the molecule is CCCCCCCCCCC(C)[Si](C)(CC[Si](C)(CCCCO)CC[Si](C)(C)C[Si](C)(C)C)CO[Si](C)(C)C. The summed E-state index contributed by atoms with van der Waals surface area (Å²) in [5.74, 6) is 0. The predicted molar refractivity (Wildman–Crippen MR) is 195 cm³/mol. The van der Waals surface area contributed by atoms with E-state index in [1.165, 1.54) is 94.4 Å². The zero-order valence-corrected chi connectivity index (χ0v) is 34.4. The molecule has 0 aliphatic carbocycles. The Morgan fingerprint density at radius 1 is 0.615 bits per heavy atom. The number of aliphatic hydroxyl groups is 1. The molecule has 0 rings (SSSR count). The van der Waals surface area contributed by atoms with Gasteiger partial charge >= 0.3 is 0 Å². The summed E-state index contributed by atoms with van der Waals surface area (Å²) >= 11 is 0. The number of hydrogen-bond donors (Lipinski definition) is 1. The molecule has 3 atom stereocenters. The van der Waals surface area contributed by atoms with Gasteiger partial charge in [-0.2, -0.15) is 0 Å². The lowest BCUT2D eigenvalue weighted by molar-refractivity contribution is 0.286. The van der Waals surface area contributed by atoms with Crippen molar-refractivity contribution in [2.75, 3.05) is 12.8 Å². The van der Waals surface area contributed by atoms with E-state index in [1.807, 2.05) is 0 Å². The van der Waals surface area contributed by atoms with Crippen molar-refractivity contribution in [3.05, 3.63) is 0 Å². The Morgan fingerprint density at radius 3 is 1.67 bits per heavy atom. The second kappa shape index (κ2) is 19.3. The van der Waals surface area contributed by atoms with Crippen LogP contribution in [-0.2, 0) is 4.43 Å². The number of rotatable bonds is 25. The summed E-state index contributed by atoms with van der Waals surface area (Å²) in [7, 11) is -6.48. The third kappa shape index (κ3) is 21.4. The molecule has 39 heavy (non-hydrogen) atoms. The first-order chi connectivity index (χ1) is 17.9. The molecule has 0 heterocycles. The van der Waals surface area contributed by atoms with E-state index < -0.39 is 40.6 Å². The zero-order valence-electron chi connectivity index (χ0n) is 29.4. The molecular formula is C32H76O2Si5. The molecule has 0 aliphatic rings. The molecule has 0 saturated carbocycles. The van der Waals surface area contributed by atoms with Gasteiger partial charge in [0.15, 0.2) is 8.32 Å². The van der Waals surface area contributed by atoms with E-state index in [0.717, 1.165) is 18.2 Å². The maximum atomic E-state index is 9.52. The third-order valence-electron chi connectivity index (χ3n) is 9.42. The van der Waals surface area contributed by atoms with Crippen molar-refractivity contribution in [2.24, 2.45) is 0 Å². The Hall–Kier alpha value is 1.00. The van der Waals surface area contributed by atoms with Gasteiger partial charge in [-0.05, 0) is 31.6 Å². The first-order valence-corrected chi connectivity index (χ1v) is 33.8. The van der Waals surface area contributed by atoms with Gasteiger partial charge < -0.3 is 9.53 Å². The van der Waals surface area contributed by atoms with Crippen molar-refractivity contribution in [3.8, 4) is 0 Å². The van der Waals surface area contributed by atoms with Crippen molar-refractivity contribution >= 4 is 40.6 Å². The molecular weight excluding hydrogens is 557 g/mol. The van der Waals surface area contributed by atoms with Crippen LogP contribution in [-0.4, -0.2) is 58.6 Å². The van der Waals surface area contributed by atoms with Crippen LogP contribution in [0.25, 0.3) is 0 Å². The van der Waals surface area contributed by atoms with E-state index in [9.17, 15) is 5.11 Å². The Bertz CT molecular complexity index is 617. The number of unbranched alkanes of at least 4 members (excludes halogenated alkanes) is 8. The average Bonchev–Trinajstić information content (AvgIpc) is 2.80. The maximum Gasteiger partial charge on any atom is 0.183 e. The van der Waals surface area contributed by atoms with Gasteiger partial charge in [0.1, 0.15) is 0 Å². The fourth-order valence-electron chi connectivity index (χ4n) is 6.57. The summed E-state index contributed by atoms with van der Waals surface area (Å²) in [4.78, 5) is 0. The molecule has 0 aromatic heterocycles. The molecule has 0 amide bonds. The van der Waals surface area contributed by atoms with Crippen LogP contribution in [0.1, 0.15) is 84.5 Å². The van der Waals surface area contributed by atoms with Gasteiger partial charge in [-0.1, -0.05) is 160 Å². The third-order valence-corrected chi connectivity index (χ3v) is 30.7. The Morgan fingerprint density at radius 2 is 1.15 bits per heavy atom. The molecule has 3 unspecified atom stereocenters. The topological polar surface area (TPSA) is 29.5 Å². The van der Waals surface area contributed by atoms with Crippen LogP contribution in [0.2, 0.25) is 107 Å². The lowest BCUT2D eigenvalue weighted by atomic mass is 10.1. The highest BCUT2D eigenvalue weighted by Gasteiger charge is 2.39. The van der Waals surface area contributed by atoms with Gasteiger partial charge in [-0.15, -0.1) is 0 Å². The van der Waals surface area contributed by atoms with Gasteiger partial charge in [0.25, 0.3) is 0 Å². The Balaban J connectivity index is 5.33. The van der Waals surface area contributed by atoms with E-state index in [4.69, 9.17) is 4.43 Å². The normalized spacial score (nSPS) is 17.2. The van der Waals surface area contributed by atoms with Crippen molar-refractivity contribution in [1.82, 2.24) is 0 Å². The molecule has 7 heteroatoms. The van der Waals surface area contributed by atoms with Crippen molar-refractivity contribution in [2.45, 2.75) is 191 Å². The summed E-state index contributed by atoms with van der Waals surface area (Å²) in [6.45, 7) is 31.0. The van der Waals surface area contributed by atoms with Crippen LogP contribution < -0.4 is 0 Å². The molecule has 0 spiro atoms. The smallest absolute Gasteiger partial charge is 0.183 e. The van der Waals surface area contributed by atoms with Crippen LogP contribution in [0.5, 0.6) is 0 Å². The average molecular weight is 633 g/mol. The second-order valence-corrected chi connectivity index (χ2v) is 43.2. The van der Waals surface area contributed by atoms with E-state index in [1.54, 1.807) is 5.67 Å². The molecule has 0 aliphatic heterocycles. The Labute approximate surface area is 253 Å². The standard InChI is InChI=1S/C32H76O2Si5/c1-13-14-15-16-17-18-19-20-23-32(2)39(12,30-34-36(6,7)8)29-28-38(11,25-22-21-24-33)27-26-37(9,10)31-35(3,4)5/h32-33H,13-31H2,1-12H3. The second-order valence-electron chi connectivity index (χ2n) is 17.1. The van der Waals surface area contributed by atoms with E-state index in [-0.39, 0.29) is 0 Å². The van der Waals surface area contributed by atoms with E-state index in [2.05, 4.69) is 79.3 Å². The molecule has 0 aromatic carbocycles. The highest BCUT2D eigenvalue weighted by molar-refractivity contribution is 6.95. The van der Waals surface area contributed by atoms with Gasteiger partial charge in [0.05, 0.1) is 8.07 Å². The minimum atomic E-state index is -1.51. The number of aliphatic hydroxyl groups excluding tert-OH is 1. The van der Waals surface area contributed by atoms with Crippen LogP contribution in [0.15, 0.2) is 0 Å². The monoisotopic (exact) mass is 632 g/mol. The summed E-state index contributed by atoms with van der Waals surface area (Å²) in [6.07, 6.45) is 16.1. The first-order valence-electron chi connectivity index (χ1n) is 17.1. The predicted octanol–water partition coefficient (Wildman–Crippen LogP) is 11.8. The molecule has 0 radical (unpaired) electrons. The fourth-order valence-corrected chi connectivity index (χ4v) is 35.3. The molecule has 236 valence electrons. The van der Waals surface area contributed by atoms with Gasteiger partial charge in [0, 0.05) is 37.1 Å². The van der Waals surface area contributed by atoms with Crippen molar-refractivity contribution in [3.63, 3.8) is 0 Å². The van der Waals surface area contributed by atoms with Gasteiger partial charge in [-0.25, -0.2) is 0 Å². The molecule has 2 nitrogen and oxygen atoms in total. The minimum absolute atomic E-state index is 0.368. The van der Waals surface area contributed by atoms with Crippen molar-refractivity contribution in [1.29, 1.82) is 0 Å². The minimum Gasteiger partial charge on any atom is -0.421 e. The van der Waals surface area contributed by atoms with Crippen LogP contribution >= 0.6 is 0 Å². The molecule has 0 fully saturated rings. The molecule has 0 bridgehead atoms. The molecule has 1 N–H and O–H groups in total. The maximum absolute atomic E-state index is 9.52. The van der Waals surface area contributed by atoms with Crippen molar-refractivity contribution < 1.29 is 9.53 Å². The fraction of sp³-hybridized carbons (Fsp3) is 1.00. The summed E-state index contributed by atoms with van der Waals surface area (Å²) in [5, 5.41) is 9.52. The highest BCUT2D eigenvalue weighted by Crippen LogP contribution is 2.39. The largest absolute Gasteiger partial charge is 0.421 e. The zero-order chi connectivity index (χ0) is 30.2. The van der Waals surface area contributed by atoms with Crippen LogP contribution in [0.4, 0.5) is 0 Å². The summed E-state index contributed by atoms with van der Waals surface area (Å²) < 4.78 is 6.73. The lowest BCUT2D eigenvalue weighted by Crippen LogP contribution is -2.47. The molecule has 0 saturated heterocycles. The number of hydrogen-bond acceptors (Lipinski definition) is 2. The summed E-state index contributed by atoms with van der Waals surface area (Å²) in [5.41, 5.74) is 2.44. The van der Waals surface area contributed by atoms with Gasteiger partial charge in [-0.3, -0.25) is 0 Å².